The van der Waals surface area contributed by atoms with E-state index in [1.807, 2.05) is 0 Å². The van der Waals surface area contributed by atoms with Gasteiger partial charge in [0.25, 0.3) is 5.91 Å². The zero-order valence-corrected chi connectivity index (χ0v) is 21.0. The minimum atomic E-state index is -4.40. The zero-order valence-electron chi connectivity index (χ0n) is 17.9. The molecule has 4 rings (SSSR count). The van der Waals surface area contributed by atoms with Gasteiger partial charge >= 0.3 is 16.4 Å². The Morgan fingerprint density at radius 2 is 2.06 bits per heavy atom. The predicted octanol–water partition coefficient (Wildman–Crippen LogP) is 2.44. The van der Waals surface area contributed by atoms with Crippen molar-refractivity contribution in [3.63, 3.8) is 0 Å². The molecule has 2 atom stereocenters. The highest BCUT2D eigenvalue weighted by atomic mass is 35.6. The topological polar surface area (TPSA) is 131 Å². The van der Waals surface area contributed by atoms with Crippen molar-refractivity contribution in [3.05, 3.63) is 23.5 Å². The number of nitrogens with zero attached hydrogens (tertiary/aromatic N) is 3. The van der Waals surface area contributed by atoms with Crippen LogP contribution in [0.2, 0.25) is 0 Å². The van der Waals surface area contributed by atoms with Crippen molar-refractivity contribution < 1.29 is 26.9 Å². The number of hydrogen-bond acceptors (Lipinski definition) is 8. The number of carbonyl (C=O) groups excluding carboxylic acids is 2. The van der Waals surface area contributed by atoms with Gasteiger partial charge in [-0.3, -0.25) is 9.36 Å². The van der Waals surface area contributed by atoms with E-state index in [1.54, 1.807) is 25.7 Å². The molecule has 2 N–H and O–H groups in total. The first kappa shape index (κ1) is 24.4. The minimum absolute atomic E-state index is 0.159. The monoisotopic (exact) mass is 541 g/mol. The van der Waals surface area contributed by atoms with E-state index in [9.17, 15) is 18.0 Å². The number of alkyl halides is 3. The average Bonchev–Trinajstić information content (AvgIpc) is 3.34. The second kappa shape index (κ2) is 7.91. The summed E-state index contributed by atoms with van der Waals surface area (Å²) in [5, 5.41) is 3.02. The van der Waals surface area contributed by atoms with Crippen LogP contribution in [0.15, 0.2) is 17.3 Å². The molecule has 3 aliphatic heterocycles. The van der Waals surface area contributed by atoms with Crippen LogP contribution in [0.25, 0.3) is 0 Å². The van der Waals surface area contributed by atoms with Crippen LogP contribution < -0.4 is 10.0 Å². The van der Waals surface area contributed by atoms with Gasteiger partial charge in [0, 0.05) is 12.7 Å². The van der Waals surface area contributed by atoms with E-state index in [-0.39, 0.29) is 11.9 Å². The third-order valence-corrected chi connectivity index (χ3v) is 6.52. The summed E-state index contributed by atoms with van der Waals surface area (Å²) >= 11 is 16.7. The maximum Gasteiger partial charge on any atom is 0.418 e. The lowest BCUT2D eigenvalue weighted by Gasteiger charge is -2.43. The number of fused-ring (bicyclic) bond motifs is 2. The van der Waals surface area contributed by atoms with Crippen LogP contribution in [0.4, 0.5) is 4.79 Å². The van der Waals surface area contributed by atoms with Crippen LogP contribution in [0.5, 0.6) is 0 Å². The molecule has 33 heavy (non-hydrogen) atoms. The number of halogens is 3. The number of hydrogen-bond donors (Lipinski definition) is 2. The highest BCUT2D eigenvalue weighted by Gasteiger charge is 2.59. The molecule has 182 valence electrons. The molecule has 4 heterocycles. The van der Waals surface area contributed by atoms with Crippen LogP contribution in [-0.4, -0.2) is 64.1 Å². The lowest BCUT2D eigenvalue weighted by molar-refractivity contribution is 0.0433. The van der Waals surface area contributed by atoms with Crippen molar-refractivity contribution in [1.29, 1.82) is 0 Å². The van der Waals surface area contributed by atoms with Gasteiger partial charge < -0.3 is 15.0 Å². The SMILES string of the molecule is CC(C)(C)OC(=O)n1ccc2c1[C@H]1N=C(NS(=O)(=O)OCC(Cl)(Cl)Cl)N[C@]13CCCN3C2=O. The first-order valence-corrected chi connectivity index (χ1v) is 12.5. The fourth-order valence-corrected chi connectivity index (χ4v) is 5.32. The smallest absolute Gasteiger partial charge is 0.418 e. The van der Waals surface area contributed by atoms with Crippen molar-refractivity contribution in [2.24, 2.45) is 4.99 Å². The first-order valence-electron chi connectivity index (χ1n) is 9.98. The summed E-state index contributed by atoms with van der Waals surface area (Å²) in [6.45, 7) is 4.91. The number of aliphatic imine (C=N–C) groups is 1. The Balaban J connectivity index is 1.70. The minimum Gasteiger partial charge on any atom is -0.443 e. The summed E-state index contributed by atoms with van der Waals surface area (Å²) in [6.07, 6.45) is 1.92. The van der Waals surface area contributed by atoms with Gasteiger partial charge in [0.05, 0.1) is 11.3 Å². The first-order chi connectivity index (χ1) is 15.1. The fraction of sp³-hybridized carbons (Fsp3) is 0.611. The maximum atomic E-state index is 13.2. The quantitative estimate of drug-likeness (QED) is 0.561. The lowest BCUT2D eigenvalue weighted by atomic mass is 9.89. The second-order valence-corrected chi connectivity index (χ2v) is 12.8. The summed E-state index contributed by atoms with van der Waals surface area (Å²) in [5.74, 6) is -0.450. The Bertz CT molecular complexity index is 1140. The molecular weight excluding hydrogens is 521 g/mol. The van der Waals surface area contributed by atoms with Crippen LogP contribution in [-0.2, 0) is 19.2 Å². The van der Waals surface area contributed by atoms with Crippen LogP contribution in [0.3, 0.4) is 0 Å². The van der Waals surface area contributed by atoms with Gasteiger partial charge in [-0.1, -0.05) is 34.8 Å². The van der Waals surface area contributed by atoms with Crippen LogP contribution in [0.1, 0.15) is 55.7 Å². The molecule has 1 saturated heterocycles. The summed E-state index contributed by atoms with van der Waals surface area (Å²) in [7, 11) is -4.40. The van der Waals surface area contributed by atoms with Crippen LogP contribution in [0, 0.1) is 0 Å². The molecule has 15 heteroatoms. The fourth-order valence-electron chi connectivity index (χ4n) is 4.23. The Kier molecular flexibility index (Phi) is 5.85. The Labute approximate surface area is 205 Å². The number of aromatic nitrogens is 1. The lowest BCUT2D eigenvalue weighted by Crippen LogP contribution is -2.62. The van der Waals surface area contributed by atoms with E-state index < -0.39 is 44.1 Å². The van der Waals surface area contributed by atoms with E-state index in [0.29, 0.717) is 30.6 Å². The number of amides is 1. The third-order valence-electron chi connectivity index (χ3n) is 5.32. The molecule has 1 spiro atoms. The summed E-state index contributed by atoms with van der Waals surface area (Å²) in [5.41, 5.74) is -1.20. The van der Waals surface area contributed by atoms with Crippen molar-refractivity contribution >= 4 is 63.1 Å². The van der Waals surface area contributed by atoms with Crippen molar-refractivity contribution in [2.75, 3.05) is 13.2 Å². The van der Waals surface area contributed by atoms with Crippen molar-refractivity contribution in [3.8, 4) is 0 Å². The van der Waals surface area contributed by atoms with Gasteiger partial charge in [-0.05, 0) is 39.7 Å². The molecule has 0 saturated carbocycles. The summed E-state index contributed by atoms with van der Waals surface area (Å²) in [4.78, 5) is 32.1. The van der Waals surface area contributed by atoms with E-state index >= 15 is 0 Å². The van der Waals surface area contributed by atoms with Gasteiger partial charge in [0.15, 0.2) is 0 Å². The molecule has 0 aliphatic carbocycles. The summed E-state index contributed by atoms with van der Waals surface area (Å²) in [6, 6.07) is 0.757. The second-order valence-electron chi connectivity index (χ2n) is 8.89. The molecule has 1 aromatic rings. The number of rotatable bonds is 3. The molecular formula is C18H22Cl3N5O6S. The Morgan fingerprint density at radius 3 is 2.70 bits per heavy atom. The number of carbonyl (C=O) groups is 2. The molecule has 11 nitrogen and oxygen atoms in total. The Morgan fingerprint density at radius 1 is 1.36 bits per heavy atom. The van der Waals surface area contributed by atoms with Gasteiger partial charge in [0.2, 0.25) is 9.75 Å². The zero-order chi connectivity index (χ0) is 24.4. The van der Waals surface area contributed by atoms with Crippen molar-refractivity contribution in [2.45, 2.75) is 54.7 Å². The third kappa shape index (κ3) is 4.63. The Hall–Kier alpha value is -1.73. The van der Waals surface area contributed by atoms with E-state index in [4.69, 9.17) is 43.7 Å². The highest BCUT2D eigenvalue weighted by molar-refractivity contribution is 7.85. The summed E-state index contributed by atoms with van der Waals surface area (Å²) < 4.78 is 36.3. The van der Waals surface area contributed by atoms with E-state index in [1.165, 1.54) is 16.8 Å². The highest BCUT2D eigenvalue weighted by Crippen LogP contribution is 2.48. The van der Waals surface area contributed by atoms with E-state index in [2.05, 4.69) is 15.0 Å². The van der Waals surface area contributed by atoms with Crippen molar-refractivity contribution in [1.82, 2.24) is 19.5 Å². The van der Waals surface area contributed by atoms with Gasteiger partial charge in [-0.25, -0.2) is 18.7 Å². The predicted molar refractivity (Wildman–Crippen MR) is 121 cm³/mol. The van der Waals surface area contributed by atoms with Gasteiger partial charge in [0.1, 0.15) is 23.9 Å². The number of guanidine groups is 1. The molecule has 1 amide bonds. The standard InChI is InChI=1S/C18H22Cl3N5O6S/c1-16(2,3)32-15(28)25-8-5-10-11(25)12-17(6-4-7-26(17)13(10)27)23-14(22-12)24-33(29,30)31-9-18(19,20)21/h5,8,12H,4,6-7,9H2,1-3H3,(H2,22,23,24)/t12-,17+/m1/s1. The number of nitrogens with one attached hydrogen (secondary N) is 2. The number of ether oxygens (including phenoxy) is 1. The molecule has 1 fully saturated rings. The molecule has 0 aromatic carbocycles. The van der Waals surface area contributed by atoms with E-state index in [0.717, 1.165) is 0 Å². The molecule has 3 aliphatic rings. The molecule has 0 unspecified atom stereocenters. The molecule has 0 bridgehead atoms. The largest absolute Gasteiger partial charge is 0.443 e. The average molecular weight is 543 g/mol. The molecule has 1 aromatic heterocycles. The maximum absolute atomic E-state index is 13.2. The molecule has 0 radical (unpaired) electrons. The van der Waals surface area contributed by atoms with Gasteiger partial charge in [-0.2, -0.15) is 8.42 Å². The van der Waals surface area contributed by atoms with Crippen LogP contribution >= 0.6 is 34.8 Å². The van der Waals surface area contributed by atoms with Gasteiger partial charge in [-0.15, -0.1) is 0 Å². The normalized spacial score (nSPS) is 24.5.